The van der Waals surface area contributed by atoms with E-state index in [4.69, 9.17) is 27.9 Å². The molecule has 0 unspecified atom stereocenters. The minimum atomic E-state index is -0.618. The van der Waals surface area contributed by atoms with Gasteiger partial charge in [-0.25, -0.2) is 9.78 Å². The van der Waals surface area contributed by atoms with Crippen LogP contribution in [0.2, 0.25) is 10.0 Å². The van der Waals surface area contributed by atoms with Crippen LogP contribution in [-0.2, 0) is 23.1 Å². The minimum Gasteiger partial charge on any atom is -0.465 e. The number of carbonyl (C=O) groups is 2. The van der Waals surface area contributed by atoms with E-state index < -0.39 is 5.97 Å². The SMILES string of the molecule is COC(=O)c1cc(Cl)cc(Cl)c1NC(=O)CN1CCN(Cc2nccn2C)CC1. The summed E-state index contributed by atoms with van der Waals surface area (Å²) in [5.74, 6) is 0.147. The van der Waals surface area contributed by atoms with Gasteiger partial charge >= 0.3 is 5.97 Å². The second-order valence-electron chi connectivity index (χ2n) is 6.86. The molecule has 1 aromatic heterocycles. The van der Waals surface area contributed by atoms with E-state index in [0.29, 0.717) is 0 Å². The van der Waals surface area contributed by atoms with E-state index in [1.54, 1.807) is 6.20 Å². The third kappa shape index (κ3) is 5.48. The Morgan fingerprint density at radius 1 is 1.17 bits per heavy atom. The number of amides is 1. The fourth-order valence-corrected chi connectivity index (χ4v) is 3.75. The first-order valence-electron chi connectivity index (χ1n) is 9.15. The molecule has 1 aliphatic heterocycles. The number of hydrogen-bond donors (Lipinski definition) is 1. The van der Waals surface area contributed by atoms with Crippen LogP contribution in [0.3, 0.4) is 0 Å². The average Bonchev–Trinajstić information content (AvgIpc) is 3.09. The second-order valence-corrected chi connectivity index (χ2v) is 7.70. The van der Waals surface area contributed by atoms with Crippen LogP contribution in [-0.4, -0.2) is 71.1 Å². The lowest BCUT2D eigenvalue weighted by atomic mass is 10.1. The zero-order valence-electron chi connectivity index (χ0n) is 16.3. The van der Waals surface area contributed by atoms with E-state index in [1.807, 2.05) is 17.8 Å². The van der Waals surface area contributed by atoms with Crippen molar-refractivity contribution >= 4 is 40.8 Å². The Morgan fingerprint density at radius 3 is 2.48 bits per heavy atom. The van der Waals surface area contributed by atoms with Crippen molar-refractivity contribution in [2.45, 2.75) is 6.54 Å². The number of aryl methyl sites for hydroxylation is 1. The van der Waals surface area contributed by atoms with Gasteiger partial charge in [-0.05, 0) is 12.1 Å². The molecule has 0 saturated carbocycles. The van der Waals surface area contributed by atoms with Crippen molar-refractivity contribution in [2.24, 2.45) is 7.05 Å². The molecular weight excluding hydrogens is 417 g/mol. The number of hydrogen-bond acceptors (Lipinski definition) is 6. The normalized spacial score (nSPS) is 15.3. The highest BCUT2D eigenvalue weighted by Crippen LogP contribution is 2.30. The summed E-state index contributed by atoms with van der Waals surface area (Å²) in [5, 5.41) is 3.20. The number of ether oxygens (including phenoxy) is 1. The number of anilines is 1. The standard InChI is InChI=1S/C19H23Cl2N5O3/c1-24-4-3-22-16(24)11-25-5-7-26(8-6-25)12-17(27)23-18-14(19(28)29-2)9-13(20)10-15(18)21/h3-4,9-10H,5-8,11-12H2,1-2H3,(H,23,27). The molecule has 1 aliphatic rings. The third-order valence-electron chi connectivity index (χ3n) is 4.84. The van der Waals surface area contributed by atoms with E-state index in [2.05, 4.69) is 20.1 Å². The number of rotatable bonds is 6. The molecule has 0 radical (unpaired) electrons. The van der Waals surface area contributed by atoms with E-state index in [9.17, 15) is 9.59 Å². The van der Waals surface area contributed by atoms with Crippen molar-refractivity contribution in [2.75, 3.05) is 45.2 Å². The Balaban J connectivity index is 1.56. The average molecular weight is 440 g/mol. The van der Waals surface area contributed by atoms with Crippen LogP contribution in [0.25, 0.3) is 0 Å². The molecule has 10 heteroatoms. The fourth-order valence-electron chi connectivity index (χ4n) is 3.21. The summed E-state index contributed by atoms with van der Waals surface area (Å²) in [6.07, 6.45) is 3.72. The topological polar surface area (TPSA) is 79.7 Å². The van der Waals surface area contributed by atoms with Crippen molar-refractivity contribution in [3.8, 4) is 0 Å². The van der Waals surface area contributed by atoms with Gasteiger partial charge in [0, 0.05) is 50.6 Å². The maximum Gasteiger partial charge on any atom is 0.340 e. The predicted octanol–water partition coefficient (Wildman–Crippen LogP) is 2.27. The number of benzene rings is 1. The van der Waals surface area contributed by atoms with Gasteiger partial charge in [0.05, 0.1) is 36.5 Å². The molecular formula is C19H23Cl2N5O3. The third-order valence-corrected chi connectivity index (χ3v) is 5.36. The molecule has 8 nitrogen and oxygen atoms in total. The highest BCUT2D eigenvalue weighted by Gasteiger charge is 2.22. The predicted molar refractivity (Wildman–Crippen MR) is 111 cm³/mol. The lowest BCUT2D eigenvalue weighted by Crippen LogP contribution is -2.48. The van der Waals surface area contributed by atoms with Crippen LogP contribution in [0.15, 0.2) is 24.5 Å². The Hall–Kier alpha value is -2.13. The van der Waals surface area contributed by atoms with Crippen molar-refractivity contribution in [3.63, 3.8) is 0 Å². The zero-order chi connectivity index (χ0) is 21.0. The molecule has 0 bridgehead atoms. The number of nitrogens with one attached hydrogen (secondary N) is 1. The van der Waals surface area contributed by atoms with Crippen LogP contribution in [0, 0.1) is 0 Å². The summed E-state index contributed by atoms with van der Waals surface area (Å²) in [7, 11) is 3.24. The van der Waals surface area contributed by atoms with Crippen molar-refractivity contribution < 1.29 is 14.3 Å². The first-order chi connectivity index (χ1) is 13.9. The fraction of sp³-hybridized carbons (Fsp3) is 0.421. The number of carbonyl (C=O) groups excluding carboxylic acids is 2. The quantitative estimate of drug-likeness (QED) is 0.695. The Morgan fingerprint density at radius 2 is 1.86 bits per heavy atom. The van der Waals surface area contributed by atoms with E-state index >= 15 is 0 Å². The zero-order valence-corrected chi connectivity index (χ0v) is 17.8. The van der Waals surface area contributed by atoms with E-state index in [1.165, 1.54) is 19.2 Å². The van der Waals surface area contributed by atoms with Gasteiger partial charge in [0.1, 0.15) is 5.82 Å². The largest absolute Gasteiger partial charge is 0.465 e. The van der Waals surface area contributed by atoms with Crippen LogP contribution >= 0.6 is 23.2 Å². The highest BCUT2D eigenvalue weighted by atomic mass is 35.5. The maximum atomic E-state index is 12.5. The van der Waals surface area contributed by atoms with Gasteiger partial charge in [0.25, 0.3) is 0 Å². The van der Waals surface area contributed by atoms with Crippen LogP contribution in [0.5, 0.6) is 0 Å². The summed E-state index contributed by atoms with van der Waals surface area (Å²) in [6.45, 7) is 4.19. The molecule has 3 rings (SSSR count). The number of methoxy groups -OCH3 is 1. The minimum absolute atomic E-state index is 0.123. The summed E-state index contributed by atoms with van der Waals surface area (Å²) < 4.78 is 6.76. The molecule has 1 N–H and O–H groups in total. The summed E-state index contributed by atoms with van der Waals surface area (Å²) in [6, 6.07) is 2.90. The van der Waals surface area contributed by atoms with Gasteiger partial charge in [0.2, 0.25) is 5.91 Å². The van der Waals surface area contributed by atoms with Crippen LogP contribution in [0.4, 0.5) is 5.69 Å². The molecule has 1 amide bonds. The molecule has 2 aromatic rings. The lowest BCUT2D eigenvalue weighted by Gasteiger charge is -2.34. The first kappa shape index (κ1) is 21.6. The van der Waals surface area contributed by atoms with Crippen molar-refractivity contribution in [1.82, 2.24) is 19.4 Å². The molecule has 29 heavy (non-hydrogen) atoms. The Labute approximate surface area is 179 Å². The summed E-state index contributed by atoms with van der Waals surface area (Å²) in [4.78, 5) is 33.2. The molecule has 1 fully saturated rings. The monoisotopic (exact) mass is 439 g/mol. The number of esters is 1. The Kier molecular flexibility index (Phi) is 7.13. The molecule has 156 valence electrons. The smallest absolute Gasteiger partial charge is 0.340 e. The number of aromatic nitrogens is 2. The summed E-state index contributed by atoms with van der Waals surface area (Å²) in [5.41, 5.74) is 0.333. The molecule has 1 aromatic carbocycles. The van der Waals surface area contributed by atoms with E-state index in [-0.39, 0.29) is 33.7 Å². The Bertz CT molecular complexity index is 894. The summed E-state index contributed by atoms with van der Waals surface area (Å²) >= 11 is 12.2. The number of imidazole rings is 1. The van der Waals surface area contributed by atoms with Crippen molar-refractivity contribution in [1.29, 1.82) is 0 Å². The number of halogens is 2. The highest BCUT2D eigenvalue weighted by molar-refractivity contribution is 6.37. The lowest BCUT2D eigenvalue weighted by molar-refractivity contribution is -0.117. The van der Waals surface area contributed by atoms with Crippen LogP contribution < -0.4 is 5.32 Å². The van der Waals surface area contributed by atoms with Crippen LogP contribution in [0.1, 0.15) is 16.2 Å². The van der Waals surface area contributed by atoms with Gasteiger partial charge < -0.3 is 14.6 Å². The molecule has 0 aliphatic carbocycles. The number of nitrogens with zero attached hydrogens (tertiary/aromatic N) is 4. The van der Waals surface area contributed by atoms with Gasteiger partial charge in [-0.3, -0.25) is 14.6 Å². The molecule has 2 heterocycles. The van der Waals surface area contributed by atoms with Crippen molar-refractivity contribution in [3.05, 3.63) is 46.0 Å². The van der Waals surface area contributed by atoms with E-state index in [0.717, 1.165) is 38.5 Å². The van der Waals surface area contributed by atoms with Gasteiger partial charge in [0.15, 0.2) is 0 Å². The molecule has 0 atom stereocenters. The first-order valence-corrected chi connectivity index (χ1v) is 9.91. The van der Waals surface area contributed by atoms with Gasteiger partial charge in [-0.2, -0.15) is 0 Å². The van der Waals surface area contributed by atoms with Gasteiger partial charge in [-0.1, -0.05) is 23.2 Å². The van der Waals surface area contributed by atoms with Gasteiger partial charge in [-0.15, -0.1) is 0 Å². The second kappa shape index (κ2) is 9.58. The molecule has 1 saturated heterocycles. The number of piperazine rings is 1. The maximum absolute atomic E-state index is 12.5. The molecule has 0 spiro atoms.